The molecule has 0 aromatic heterocycles. The highest BCUT2D eigenvalue weighted by Gasteiger charge is 2.13. The zero-order chi connectivity index (χ0) is 16.1. The SMILES string of the molecule is Nc1cc(Cl)ccc1C(=O)OCC(=O)Nc1ccc(Cl)cc1. The van der Waals surface area contributed by atoms with E-state index in [2.05, 4.69) is 5.32 Å². The normalized spacial score (nSPS) is 10.1. The van der Waals surface area contributed by atoms with Crippen LogP contribution in [0.25, 0.3) is 0 Å². The maximum Gasteiger partial charge on any atom is 0.340 e. The molecule has 0 unspecified atom stereocenters. The van der Waals surface area contributed by atoms with Crippen molar-refractivity contribution in [2.24, 2.45) is 0 Å². The number of esters is 1. The molecule has 0 aliphatic rings. The quantitative estimate of drug-likeness (QED) is 0.661. The molecule has 0 aliphatic heterocycles. The van der Waals surface area contributed by atoms with Gasteiger partial charge in [0.25, 0.3) is 5.91 Å². The van der Waals surface area contributed by atoms with Crippen LogP contribution in [0.15, 0.2) is 42.5 Å². The molecule has 114 valence electrons. The molecule has 0 fully saturated rings. The maximum absolute atomic E-state index is 11.8. The van der Waals surface area contributed by atoms with Crippen molar-refractivity contribution < 1.29 is 14.3 Å². The first-order chi connectivity index (χ1) is 10.5. The number of amides is 1. The number of anilines is 2. The van der Waals surface area contributed by atoms with Crippen molar-refractivity contribution in [3.05, 3.63) is 58.1 Å². The Labute approximate surface area is 137 Å². The highest BCUT2D eigenvalue weighted by molar-refractivity contribution is 6.31. The second-order valence-corrected chi connectivity index (χ2v) is 5.24. The largest absolute Gasteiger partial charge is 0.452 e. The van der Waals surface area contributed by atoms with Crippen LogP contribution < -0.4 is 11.1 Å². The highest BCUT2D eigenvalue weighted by atomic mass is 35.5. The molecule has 0 bridgehead atoms. The molecule has 0 heterocycles. The van der Waals surface area contributed by atoms with E-state index < -0.39 is 18.5 Å². The van der Waals surface area contributed by atoms with Crippen LogP contribution >= 0.6 is 23.2 Å². The number of benzene rings is 2. The van der Waals surface area contributed by atoms with Crippen molar-refractivity contribution in [3.8, 4) is 0 Å². The molecule has 22 heavy (non-hydrogen) atoms. The van der Waals surface area contributed by atoms with Gasteiger partial charge in [-0.15, -0.1) is 0 Å². The summed E-state index contributed by atoms with van der Waals surface area (Å²) in [5, 5.41) is 3.54. The van der Waals surface area contributed by atoms with Gasteiger partial charge in [0.2, 0.25) is 0 Å². The number of ether oxygens (including phenoxy) is 1. The summed E-state index contributed by atoms with van der Waals surface area (Å²) < 4.78 is 4.91. The van der Waals surface area contributed by atoms with Crippen molar-refractivity contribution in [1.82, 2.24) is 0 Å². The van der Waals surface area contributed by atoms with E-state index in [0.29, 0.717) is 15.7 Å². The van der Waals surface area contributed by atoms with E-state index in [1.54, 1.807) is 24.3 Å². The van der Waals surface area contributed by atoms with Crippen LogP contribution in [0.1, 0.15) is 10.4 Å². The Morgan fingerprint density at radius 1 is 1.05 bits per heavy atom. The van der Waals surface area contributed by atoms with Crippen molar-refractivity contribution in [2.75, 3.05) is 17.7 Å². The summed E-state index contributed by atoms with van der Waals surface area (Å²) in [7, 11) is 0. The molecule has 1 amide bonds. The first kappa shape index (κ1) is 16.1. The van der Waals surface area contributed by atoms with E-state index in [-0.39, 0.29) is 11.3 Å². The fraction of sp³-hybridized carbons (Fsp3) is 0.0667. The first-order valence-electron chi connectivity index (χ1n) is 6.23. The molecule has 2 aromatic rings. The summed E-state index contributed by atoms with van der Waals surface area (Å²) >= 11 is 11.5. The topological polar surface area (TPSA) is 81.4 Å². The van der Waals surface area contributed by atoms with Gasteiger partial charge in [0.15, 0.2) is 6.61 Å². The lowest BCUT2D eigenvalue weighted by Crippen LogP contribution is -2.21. The van der Waals surface area contributed by atoms with Crippen molar-refractivity contribution >= 4 is 46.5 Å². The number of rotatable bonds is 4. The molecule has 0 spiro atoms. The Morgan fingerprint density at radius 3 is 2.32 bits per heavy atom. The lowest BCUT2D eigenvalue weighted by Gasteiger charge is -2.08. The van der Waals surface area contributed by atoms with Gasteiger partial charge in [-0.05, 0) is 42.5 Å². The maximum atomic E-state index is 11.8. The minimum atomic E-state index is -0.694. The van der Waals surface area contributed by atoms with Gasteiger partial charge in [-0.1, -0.05) is 23.2 Å². The van der Waals surface area contributed by atoms with E-state index in [9.17, 15) is 9.59 Å². The summed E-state index contributed by atoms with van der Waals surface area (Å²) in [6.07, 6.45) is 0. The van der Waals surface area contributed by atoms with Crippen LogP contribution in [0.5, 0.6) is 0 Å². The molecule has 5 nitrogen and oxygen atoms in total. The van der Waals surface area contributed by atoms with E-state index >= 15 is 0 Å². The smallest absolute Gasteiger partial charge is 0.340 e. The first-order valence-corrected chi connectivity index (χ1v) is 6.99. The number of nitrogens with two attached hydrogens (primary N) is 1. The van der Waals surface area contributed by atoms with Crippen LogP contribution in [0.3, 0.4) is 0 Å². The summed E-state index contributed by atoms with van der Waals surface area (Å²) in [4.78, 5) is 23.5. The standard InChI is InChI=1S/C15H12Cl2N2O3/c16-9-1-4-11(5-2-9)19-14(20)8-22-15(21)12-6-3-10(17)7-13(12)18/h1-7H,8,18H2,(H,19,20). The summed E-state index contributed by atoms with van der Waals surface area (Å²) in [5.74, 6) is -1.16. The Morgan fingerprint density at radius 2 is 1.68 bits per heavy atom. The van der Waals surface area contributed by atoms with Crippen molar-refractivity contribution in [3.63, 3.8) is 0 Å². The van der Waals surface area contributed by atoms with Crippen LogP contribution in [0, 0.1) is 0 Å². The van der Waals surface area contributed by atoms with Gasteiger partial charge in [-0.3, -0.25) is 4.79 Å². The predicted octanol–water partition coefficient (Wildman–Crippen LogP) is 3.37. The van der Waals surface area contributed by atoms with E-state index in [1.807, 2.05) is 0 Å². The van der Waals surface area contributed by atoms with Gasteiger partial charge in [0.1, 0.15) is 0 Å². The Bertz CT molecular complexity index is 702. The second kappa shape index (κ2) is 7.15. The Balaban J connectivity index is 1.90. The van der Waals surface area contributed by atoms with Gasteiger partial charge in [-0.2, -0.15) is 0 Å². The molecular weight excluding hydrogens is 327 g/mol. The molecule has 2 rings (SSSR count). The Hall–Kier alpha value is -2.24. The number of carbonyl (C=O) groups excluding carboxylic acids is 2. The number of hydrogen-bond donors (Lipinski definition) is 2. The monoisotopic (exact) mass is 338 g/mol. The van der Waals surface area contributed by atoms with Gasteiger partial charge >= 0.3 is 5.97 Å². The van der Waals surface area contributed by atoms with Gasteiger partial charge in [0, 0.05) is 21.4 Å². The van der Waals surface area contributed by atoms with Crippen LogP contribution in [-0.2, 0) is 9.53 Å². The fourth-order valence-corrected chi connectivity index (χ4v) is 1.97. The highest BCUT2D eigenvalue weighted by Crippen LogP contribution is 2.19. The molecule has 0 atom stereocenters. The average molecular weight is 339 g/mol. The minimum Gasteiger partial charge on any atom is -0.452 e. The van der Waals surface area contributed by atoms with Gasteiger partial charge in [0.05, 0.1) is 5.56 Å². The number of nitrogens with one attached hydrogen (secondary N) is 1. The summed E-state index contributed by atoms with van der Waals surface area (Å²) in [5.41, 5.74) is 6.57. The summed E-state index contributed by atoms with van der Waals surface area (Å²) in [6.45, 7) is -0.427. The molecule has 0 saturated heterocycles. The molecule has 0 saturated carbocycles. The number of nitrogen functional groups attached to an aromatic ring is 1. The third-order valence-electron chi connectivity index (χ3n) is 2.70. The van der Waals surface area contributed by atoms with Crippen LogP contribution in [0.2, 0.25) is 10.0 Å². The van der Waals surface area contributed by atoms with Crippen molar-refractivity contribution in [2.45, 2.75) is 0 Å². The van der Waals surface area contributed by atoms with Gasteiger partial charge < -0.3 is 15.8 Å². The van der Waals surface area contributed by atoms with E-state index in [4.69, 9.17) is 33.7 Å². The second-order valence-electron chi connectivity index (χ2n) is 4.36. The fourth-order valence-electron chi connectivity index (χ4n) is 1.66. The third-order valence-corrected chi connectivity index (χ3v) is 3.18. The molecule has 7 heteroatoms. The molecule has 2 aromatic carbocycles. The molecular formula is C15H12Cl2N2O3. The van der Waals surface area contributed by atoms with Crippen molar-refractivity contribution in [1.29, 1.82) is 0 Å². The molecule has 0 aliphatic carbocycles. The lowest BCUT2D eigenvalue weighted by atomic mass is 10.2. The lowest BCUT2D eigenvalue weighted by molar-refractivity contribution is -0.119. The number of carbonyl (C=O) groups is 2. The van der Waals surface area contributed by atoms with Crippen LogP contribution in [-0.4, -0.2) is 18.5 Å². The number of hydrogen-bond acceptors (Lipinski definition) is 4. The van der Waals surface area contributed by atoms with E-state index in [1.165, 1.54) is 18.2 Å². The third kappa shape index (κ3) is 4.38. The zero-order valence-corrected chi connectivity index (χ0v) is 12.8. The van der Waals surface area contributed by atoms with Crippen LogP contribution in [0.4, 0.5) is 11.4 Å². The zero-order valence-electron chi connectivity index (χ0n) is 11.3. The Kier molecular flexibility index (Phi) is 5.25. The molecule has 3 N–H and O–H groups in total. The average Bonchev–Trinajstić information content (AvgIpc) is 2.47. The van der Waals surface area contributed by atoms with E-state index in [0.717, 1.165) is 0 Å². The molecule has 0 radical (unpaired) electrons. The summed E-state index contributed by atoms with van der Waals surface area (Å²) in [6, 6.07) is 10.9. The number of halogens is 2. The predicted molar refractivity (Wildman–Crippen MR) is 86.2 cm³/mol. The minimum absolute atomic E-state index is 0.156. The van der Waals surface area contributed by atoms with Gasteiger partial charge in [-0.25, -0.2) is 4.79 Å².